The molecule has 2 amide bonds. The molecule has 0 aliphatic carbocycles. The number of aliphatic hydroxyl groups is 1. The summed E-state index contributed by atoms with van der Waals surface area (Å²) in [5.74, 6) is 0. The number of likely N-dealkylation sites (N-methyl/N-ethyl adjacent to an activating group) is 1. The standard InChI is InChI=1S/C15H26N6O2/c1-19-4-6-20(7-5-19)13-10-21(11-14(13)22)15(23)16-3-2-12-8-17-18-9-12/h8-9,13-14,22H,2-7,10-11H2,1H3,(H,16,23)(H,17,18)/t13-,14-/m0/s1. The lowest BCUT2D eigenvalue weighted by Gasteiger charge is -2.37. The number of hydrogen-bond donors (Lipinski definition) is 3. The molecule has 0 spiro atoms. The molecule has 0 unspecified atom stereocenters. The van der Waals surface area contributed by atoms with Crippen LogP contribution in [0.3, 0.4) is 0 Å². The van der Waals surface area contributed by atoms with Crippen molar-refractivity contribution in [3.05, 3.63) is 18.0 Å². The van der Waals surface area contributed by atoms with Crippen LogP contribution in [0.1, 0.15) is 5.56 Å². The molecule has 1 aromatic heterocycles. The number of piperazine rings is 1. The lowest BCUT2D eigenvalue weighted by Crippen LogP contribution is -2.52. The molecule has 2 aliphatic heterocycles. The Morgan fingerprint density at radius 1 is 1.39 bits per heavy atom. The van der Waals surface area contributed by atoms with E-state index in [4.69, 9.17) is 0 Å². The van der Waals surface area contributed by atoms with Gasteiger partial charge in [-0.15, -0.1) is 0 Å². The summed E-state index contributed by atoms with van der Waals surface area (Å²) in [4.78, 5) is 18.6. The van der Waals surface area contributed by atoms with Crippen LogP contribution in [0.4, 0.5) is 4.79 Å². The largest absolute Gasteiger partial charge is 0.390 e. The fraction of sp³-hybridized carbons (Fsp3) is 0.733. The number of likely N-dealkylation sites (tertiary alicyclic amines) is 1. The van der Waals surface area contributed by atoms with Crippen molar-refractivity contribution in [2.45, 2.75) is 18.6 Å². The van der Waals surface area contributed by atoms with Gasteiger partial charge in [-0.05, 0) is 19.0 Å². The number of carbonyl (C=O) groups excluding carboxylic acids is 1. The fourth-order valence-corrected chi connectivity index (χ4v) is 3.29. The van der Waals surface area contributed by atoms with E-state index in [1.807, 2.05) is 6.20 Å². The van der Waals surface area contributed by atoms with Crippen LogP contribution < -0.4 is 5.32 Å². The highest BCUT2D eigenvalue weighted by Crippen LogP contribution is 2.18. The van der Waals surface area contributed by atoms with Crippen LogP contribution >= 0.6 is 0 Å². The van der Waals surface area contributed by atoms with E-state index >= 15 is 0 Å². The number of aliphatic hydroxyl groups excluding tert-OH is 1. The van der Waals surface area contributed by atoms with Crippen molar-refractivity contribution in [2.24, 2.45) is 0 Å². The Bertz CT molecular complexity index is 500. The molecular weight excluding hydrogens is 296 g/mol. The average molecular weight is 322 g/mol. The average Bonchev–Trinajstić information content (AvgIpc) is 3.18. The molecule has 2 saturated heterocycles. The Balaban J connectivity index is 1.44. The molecule has 0 bridgehead atoms. The first-order valence-electron chi connectivity index (χ1n) is 8.24. The van der Waals surface area contributed by atoms with Crippen molar-refractivity contribution < 1.29 is 9.90 Å². The Labute approximate surface area is 136 Å². The van der Waals surface area contributed by atoms with Gasteiger partial charge < -0.3 is 20.2 Å². The van der Waals surface area contributed by atoms with Crippen molar-refractivity contribution in [1.29, 1.82) is 0 Å². The maximum atomic E-state index is 12.3. The van der Waals surface area contributed by atoms with Gasteiger partial charge in [0.25, 0.3) is 0 Å². The van der Waals surface area contributed by atoms with Crippen molar-refractivity contribution in [1.82, 2.24) is 30.2 Å². The molecule has 3 rings (SSSR count). The molecule has 2 atom stereocenters. The minimum atomic E-state index is -0.460. The van der Waals surface area contributed by atoms with Crippen molar-refractivity contribution in [2.75, 3.05) is 52.9 Å². The summed E-state index contributed by atoms with van der Waals surface area (Å²) in [5, 5.41) is 19.9. The highest BCUT2D eigenvalue weighted by atomic mass is 16.3. The van der Waals surface area contributed by atoms with Gasteiger partial charge >= 0.3 is 6.03 Å². The van der Waals surface area contributed by atoms with Gasteiger partial charge in [-0.3, -0.25) is 10.00 Å². The molecule has 3 N–H and O–H groups in total. The minimum absolute atomic E-state index is 0.0586. The first-order valence-corrected chi connectivity index (χ1v) is 8.24. The second kappa shape index (κ2) is 7.29. The number of rotatable bonds is 4. The number of β-amino-alcohol motifs (C(OH)–C–C–N with tert-alkyl or cyclic N) is 1. The number of H-pyrrole nitrogens is 1. The molecule has 0 aromatic carbocycles. The summed E-state index contributed by atoms with van der Waals surface area (Å²) in [6, 6.07) is -0.0347. The Kier molecular flexibility index (Phi) is 5.14. The lowest BCUT2D eigenvalue weighted by atomic mass is 10.1. The van der Waals surface area contributed by atoms with E-state index in [1.165, 1.54) is 0 Å². The second-order valence-electron chi connectivity index (χ2n) is 6.47. The van der Waals surface area contributed by atoms with Gasteiger partial charge in [-0.1, -0.05) is 0 Å². The van der Waals surface area contributed by atoms with Gasteiger partial charge in [0.1, 0.15) is 0 Å². The topological polar surface area (TPSA) is 87.7 Å². The summed E-state index contributed by atoms with van der Waals surface area (Å²) < 4.78 is 0. The first kappa shape index (κ1) is 16.2. The summed E-state index contributed by atoms with van der Waals surface area (Å²) in [6.45, 7) is 5.52. The maximum Gasteiger partial charge on any atom is 0.317 e. The van der Waals surface area contributed by atoms with E-state index in [9.17, 15) is 9.90 Å². The van der Waals surface area contributed by atoms with E-state index in [1.54, 1.807) is 11.1 Å². The number of carbonyl (C=O) groups is 1. The minimum Gasteiger partial charge on any atom is -0.390 e. The molecular formula is C15H26N6O2. The molecule has 128 valence electrons. The number of aromatic amines is 1. The number of nitrogens with one attached hydrogen (secondary N) is 2. The van der Waals surface area contributed by atoms with E-state index < -0.39 is 6.10 Å². The molecule has 1 aromatic rings. The lowest BCUT2D eigenvalue weighted by molar-refractivity contribution is 0.0512. The smallest absolute Gasteiger partial charge is 0.317 e. The number of urea groups is 1. The first-order chi connectivity index (χ1) is 11.1. The van der Waals surface area contributed by atoms with Crippen LogP contribution in [0.5, 0.6) is 0 Å². The zero-order valence-electron chi connectivity index (χ0n) is 13.6. The zero-order chi connectivity index (χ0) is 16.2. The van der Waals surface area contributed by atoms with Gasteiger partial charge in [-0.2, -0.15) is 5.10 Å². The number of hydrogen-bond acceptors (Lipinski definition) is 5. The normalized spacial score (nSPS) is 26.6. The van der Waals surface area contributed by atoms with Crippen LogP contribution in [0.2, 0.25) is 0 Å². The maximum absolute atomic E-state index is 12.3. The van der Waals surface area contributed by atoms with E-state index in [0.717, 1.165) is 38.2 Å². The molecule has 3 heterocycles. The summed E-state index contributed by atoms with van der Waals surface area (Å²) >= 11 is 0. The van der Waals surface area contributed by atoms with Crippen molar-refractivity contribution in [3.8, 4) is 0 Å². The SMILES string of the molecule is CN1CCN([C@H]2CN(C(=O)NCCc3cn[nH]c3)C[C@@H]2O)CC1. The number of nitrogens with zero attached hydrogens (tertiary/aromatic N) is 4. The monoisotopic (exact) mass is 322 g/mol. The van der Waals surface area contributed by atoms with Crippen molar-refractivity contribution in [3.63, 3.8) is 0 Å². The van der Waals surface area contributed by atoms with Gasteiger partial charge in [0.05, 0.1) is 18.3 Å². The Morgan fingerprint density at radius 2 is 2.17 bits per heavy atom. The molecule has 2 fully saturated rings. The van der Waals surface area contributed by atoms with E-state index in [0.29, 0.717) is 19.6 Å². The third kappa shape index (κ3) is 4.01. The summed E-state index contributed by atoms with van der Waals surface area (Å²) in [7, 11) is 2.11. The van der Waals surface area contributed by atoms with Crippen LogP contribution in [0.15, 0.2) is 12.4 Å². The Morgan fingerprint density at radius 3 is 2.87 bits per heavy atom. The Hall–Kier alpha value is -1.64. The van der Waals surface area contributed by atoms with Gasteiger partial charge in [0, 0.05) is 52.0 Å². The zero-order valence-corrected chi connectivity index (χ0v) is 13.6. The predicted molar refractivity (Wildman–Crippen MR) is 86.1 cm³/mol. The van der Waals surface area contributed by atoms with Crippen LogP contribution in [-0.4, -0.2) is 101 Å². The summed E-state index contributed by atoms with van der Waals surface area (Å²) in [6.07, 6.45) is 3.88. The van der Waals surface area contributed by atoms with Crippen LogP contribution in [-0.2, 0) is 6.42 Å². The predicted octanol–water partition coefficient (Wildman–Crippen LogP) is -1.05. The molecule has 0 saturated carbocycles. The van der Waals surface area contributed by atoms with Gasteiger partial charge in [0.15, 0.2) is 0 Å². The van der Waals surface area contributed by atoms with E-state index in [-0.39, 0.29) is 12.1 Å². The van der Waals surface area contributed by atoms with Gasteiger partial charge in [-0.25, -0.2) is 4.79 Å². The van der Waals surface area contributed by atoms with E-state index in [2.05, 4.69) is 32.4 Å². The highest BCUT2D eigenvalue weighted by Gasteiger charge is 2.38. The fourth-order valence-electron chi connectivity index (χ4n) is 3.29. The van der Waals surface area contributed by atoms with Crippen LogP contribution in [0.25, 0.3) is 0 Å². The van der Waals surface area contributed by atoms with Crippen LogP contribution in [0, 0.1) is 0 Å². The quantitative estimate of drug-likeness (QED) is 0.659. The van der Waals surface area contributed by atoms with Crippen molar-refractivity contribution >= 4 is 6.03 Å². The number of aromatic nitrogens is 2. The molecule has 8 heteroatoms. The third-order valence-electron chi connectivity index (χ3n) is 4.80. The third-order valence-corrected chi connectivity index (χ3v) is 4.80. The molecule has 23 heavy (non-hydrogen) atoms. The molecule has 2 aliphatic rings. The number of amides is 2. The second-order valence-corrected chi connectivity index (χ2v) is 6.47. The van der Waals surface area contributed by atoms with Gasteiger partial charge in [0.2, 0.25) is 0 Å². The highest BCUT2D eigenvalue weighted by molar-refractivity contribution is 5.74. The molecule has 0 radical (unpaired) electrons. The molecule has 8 nitrogen and oxygen atoms in total. The summed E-state index contributed by atoms with van der Waals surface area (Å²) in [5.41, 5.74) is 1.07.